The van der Waals surface area contributed by atoms with Crippen molar-refractivity contribution in [1.82, 2.24) is 4.90 Å². The average Bonchev–Trinajstić information content (AvgIpc) is 2.88. The largest absolute Gasteiger partial charge is 0.445 e. The molecule has 0 spiro atoms. The lowest BCUT2D eigenvalue weighted by Crippen LogP contribution is -2.48. The van der Waals surface area contributed by atoms with E-state index in [0.717, 1.165) is 31.2 Å². The Morgan fingerprint density at radius 2 is 1.76 bits per heavy atom. The van der Waals surface area contributed by atoms with Gasteiger partial charge in [0.15, 0.2) is 0 Å². The molecule has 0 saturated carbocycles. The molecule has 2 unspecified atom stereocenters. The summed E-state index contributed by atoms with van der Waals surface area (Å²) in [5.74, 6) is 0.404. The van der Waals surface area contributed by atoms with Crippen LogP contribution in [0.4, 0.5) is 4.79 Å². The summed E-state index contributed by atoms with van der Waals surface area (Å²) in [6.07, 6.45) is 5.83. The molecule has 2 atom stereocenters. The van der Waals surface area contributed by atoms with Crippen molar-refractivity contribution >= 4 is 11.9 Å². The Morgan fingerprint density at radius 3 is 2.36 bits per heavy atom. The summed E-state index contributed by atoms with van der Waals surface area (Å²) >= 11 is 0. The molecule has 2 saturated heterocycles. The van der Waals surface area contributed by atoms with E-state index in [0.29, 0.717) is 18.8 Å². The molecule has 1 aromatic rings. The number of allylic oxidation sites excluding steroid dienone is 2. The number of hydrogen-bond acceptors (Lipinski definition) is 3. The molecule has 0 aliphatic carbocycles. The smallest absolute Gasteiger partial charge is 0.410 e. The highest BCUT2D eigenvalue weighted by atomic mass is 16.6. The maximum Gasteiger partial charge on any atom is 0.410 e. The molecule has 0 radical (unpaired) electrons. The van der Waals surface area contributed by atoms with E-state index < -0.39 is 0 Å². The minimum Gasteiger partial charge on any atom is -0.445 e. The van der Waals surface area contributed by atoms with Crippen LogP contribution in [0.2, 0.25) is 0 Å². The number of fused-ring (bicyclic) bond motifs is 2. The van der Waals surface area contributed by atoms with Crippen molar-refractivity contribution in [2.75, 3.05) is 0 Å². The molecular weight excluding hydrogens is 314 g/mol. The first-order valence-corrected chi connectivity index (χ1v) is 9.19. The zero-order valence-corrected chi connectivity index (χ0v) is 15.1. The zero-order chi connectivity index (χ0) is 17.8. The van der Waals surface area contributed by atoms with E-state index in [1.165, 1.54) is 5.57 Å². The fraction of sp³-hybridized carbons (Fsp3) is 0.524. The predicted octanol–water partition coefficient (Wildman–Crippen LogP) is 4.49. The molecule has 2 aliphatic rings. The Hall–Kier alpha value is -2.10. The molecule has 2 fully saturated rings. The van der Waals surface area contributed by atoms with Crippen LogP contribution in [0, 0.1) is 5.92 Å². The molecule has 1 amide bonds. The summed E-state index contributed by atoms with van der Waals surface area (Å²) in [4.78, 5) is 26.9. The number of hydrogen-bond donors (Lipinski definition) is 0. The Bertz CT molecular complexity index is 634. The molecule has 4 nitrogen and oxygen atoms in total. The number of Topliss-reactive ketones (excluding diaryl/α,β-unsaturated/α-hetero) is 1. The molecule has 2 bridgehead atoms. The number of ether oxygens (including phenoxy) is 1. The highest BCUT2D eigenvalue weighted by Crippen LogP contribution is 2.39. The van der Waals surface area contributed by atoms with Gasteiger partial charge in [0, 0.05) is 24.4 Å². The van der Waals surface area contributed by atoms with E-state index in [4.69, 9.17) is 4.74 Å². The second-order valence-electron chi connectivity index (χ2n) is 7.45. The van der Waals surface area contributed by atoms with Crippen molar-refractivity contribution in [3.05, 3.63) is 47.5 Å². The second kappa shape index (κ2) is 7.85. The van der Waals surface area contributed by atoms with Crippen molar-refractivity contribution in [3.8, 4) is 0 Å². The standard InChI is InChI=1S/C21H27NO3/c1-15(2)8-11-20(23)17-12-18-9-10-19(13-17)22(18)21(24)25-14-16-6-4-3-5-7-16/h3-8,17-19H,9-14H2,1-2H3. The van der Waals surface area contributed by atoms with Gasteiger partial charge >= 0.3 is 6.09 Å². The van der Waals surface area contributed by atoms with Crippen molar-refractivity contribution < 1.29 is 14.3 Å². The van der Waals surface area contributed by atoms with Crippen LogP contribution in [0.5, 0.6) is 0 Å². The minimum absolute atomic E-state index is 0.0891. The van der Waals surface area contributed by atoms with Crippen LogP contribution in [0.15, 0.2) is 42.0 Å². The molecule has 0 aromatic heterocycles. The number of benzene rings is 1. The summed E-state index contributed by atoms with van der Waals surface area (Å²) in [7, 11) is 0. The number of carbonyl (C=O) groups is 2. The first-order valence-electron chi connectivity index (χ1n) is 9.19. The van der Waals surface area contributed by atoms with Crippen LogP contribution in [0.3, 0.4) is 0 Å². The number of nitrogens with zero attached hydrogens (tertiary/aromatic N) is 1. The van der Waals surface area contributed by atoms with Crippen LogP contribution in [-0.4, -0.2) is 28.9 Å². The molecule has 134 valence electrons. The van der Waals surface area contributed by atoms with Gasteiger partial charge in [0.05, 0.1) is 0 Å². The van der Waals surface area contributed by atoms with Crippen LogP contribution in [0.25, 0.3) is 0 Å². The van der Waals surface area contributed by atoms with Gasteiger partial charge in [-0.1, -0.05) is 42.0 Å². The fourth-order valence-electron chi connectivity index (χ4n) is 4.00. The van der Waals surface area contributed by atoms with E-state index in [9.17, 15) is 9.59 Å². The van der Waals surface area contributed by atoms with Crippen molar-refractivity contribution in [3.63, 3.8) is 0 Å². The topological polar surface area (TPSA) is 46.6 Å². The van der Waals surface area contributed by atoms with E-state index in [2.05, 4.69) is 0 Å². The van der Waals surface area contributed by atoms with Crippen molar-refractivity contribution in [2.45, 2.75) is 64.6 Å². The quantitative estimate of drug-likeness (QED) is 0.741. The molecule has 1 aromatic carbocycles. The Labute approximate surface area is 149 Å². The number of rotatable bonds is 5. The fourth-order valence-corrected chi connectivity index (χ4v) is 4.00. The third-order valence-electron chi connectivity index (χ3n) is 5.32. The van der Waals surface area contributed by atoms with Gasteiger partial charge in [-0.05, 0) is 45.1 Å². The van der Waals surface area contributed by atoms with Gasteiger partial charge < -0.3 is 9.64 Å². The molecule has 25 heavy (non-hydrogen) atoms. The Morgan fingerprint density at radius 1 is 1.12 bits per heavy atom. The second-order valence-corrected chi connectivity index (χ2v) is 7.45. The number of piperidine rings is 1. The highest BCUT2D eigenvalue weighted by Gasteiger charge is 2.45. The monoisotopic (exact) mass is 341 g/mol. The summed E-state index contributed by atoms with van der Waals surface area (Å²) in [5, 5.41) is 0. The lowest BCUT2D eigenvalue weighted by Gasteiger charge is -2.37. The summed E-state index contributed by atoms with van der Waals surface area (Å²) < 4.78 is 5.52. The average molecular weight is 341 g/mol. The van der Waals surface area contributed by atoms with E-state index in [1.54, 1.807) is 0 Å². The summed E-state index contributed by atoms with van der Waals surface area (Å²) in [6, 6.07) is 10.0. The Kier molecular flexibility index (Phi) is 5.57. The molecular formula is C21H27NO3. The van der Waals surface area contributed by atoms with Crippen LogP contribution in [0.1, 0.15) is 51.5 Å². The molecule has 3 rings (SSSR count). The highest BCUT2D eigenvalue weighted by molar-refractivity contribution is 5.83. The molecule has 0 N–H and O–H groups in total. The van der Waals surface area contributed by atoms with Gasteiger partial charge in [-0.2, -0.15) is 0 Å². The predicted molar refractivity (Wildman–Crippen MR) is 97.1 cm³/mol. The lowest BCUT2D eigenvalue weighted by atomic mass is 9.86. The number of amides is 1. The molecule has 2 heterocycles. The van der Waals surface area contributed by atoms with Crippen LogP contribution < -0.4 is 0 Å². The van der Waals surface area contributed by atoms with Gasteiger partial charge in [0.2, 0.25) is 0 Å². The lowest BCUT2D eigenvalue weighted by molar-refractivity contribution is -0.124. The van der Waals surface area contributed by atoms with Gasteiger partial charge in [-0.3, -0.25) is 4.79 Å². The summed E-state index contributed by atoms with van der Waals surface area (Å²) in [6.45, 7) is 4.34. The van der Waals surface area contributed by atoms with Gasteiger partial charge in [-0.15, -0.1) is 0 Å². The molecule has 2 aliphatic heterocycles. The number of ketones is 1. The van der Waals surface area contributed by atoms with E-state index in [-0.39, 0.29) is 24.1 Å². The SMILES string of the molecule is CC(C)=CCC(=O)C1CC2CCC(C1)N2C(=O)OCc1ccccc1. The van der Waals surface area contributed by atoms with E-state index in [1.807, 2.05) is 55.2 Å². The van der Waals surface area contributed by atoms with Crippen LogP contribution >= 0.6 is 0 Å². The van der Waals surface area contributed by atoms with E-state index >= 15 is 0 Å². The van der Waals surface area contributed by atoms with Gasteiger partial charge in [0.1, 0.15) is 12.4 Å². The Balaban J connectivity index is 1.56. The third kappa shape index (κ3) is 4.30. The number of carbonyl (C=O) groups excluding carboxylic acids is 2. The zero-order valence-electron chi connectivity index (χ0n) is 15.1. The summed E-state index contributed by atoms with van der Waals surface area (Å²) in [5.41, 5.74) is 2.17. The maximum atomic E-state index is 12.5. The first-order chi connectivity index (χ1) is 12.0. The van der Waals surface area contributed by atoms with Crippen LogP contribution in [-0.2, 0) is 16.1 Å². The first kappa shape index (κ1) is 17.7. The van der Waals surface area contributed by atoms with Gasteiger partial charge in [-0.25, -0.2) is 4.79 Å². The van der Waals surface area contributed by atoms with Gasteiger partial charge in [0.25, 0.3) is 0 Å². The minimum atomic E-state index is -0.230. The normalized spacial score (nSPS) is 24.7. The third-order valence-corrected chi connectivity index (χ3v) is 5.32. The van der Waals surface area contributed by atoms with Crippen molar-refractivity contribution in [1.29, 1.82) is 0 Å². The van der Waals surface area contributed by atoms with Crippen molar-refractivity contribution in [2.24, 2.45) is 5.92 Å². The molecule has 4 heteroatoms. The maximum absolute atomic E-state index is 12.5.